The fourth-order valence-corrected chi connectivity index (χ4v) is 0.940. The lowest BCUT2D eigenvalue weighted by atomic mass is 10.2. The van der Waals surface area contributed by atoms with E-state index in [4.69, 9.17) is 18.4 Å². The van der Waals surface area contributed by atoms with Gasteiger partial charge in [0.25, 0.3) is 11.4 Å². The van der Waals surface area contributed by atoms with Gasteiger partial charge < -0.3 is 10.0 Å². The zero-order valence-corrected chi connectivity index (χ0v) is 10.4. The monoisotopic (exact) mass is 253 g/mol. The minimum Gasteiger partial charge on any atom is -0.478 e. The lowest BCUT2D eigenvalue weighted by molar-refractivity contribution is -0.132. The van der Waals surface area contributed by atoms with Crippen LogP contribution in [0.15, 0.2) is 12.2 Å². The van der Waals surface area contributed by atoms with Crippen molar-refractivity contribution < 1.29 is 23.2 Å². The fraction of sp³-hybridized carbons (Fsp3) is 0.667. The molecule has 0 saturated heterocycles. The van der Waals surface area contributed by atoms with Gasteiger partial charge in [0.05, 0.1) is 0 Å². The van der Waals surface area contributed by atoms with E-state index in [1.165, 1.54) is 0 Å². The second kappa shape index (κ2) is 10.7. The van der Waals surface area contributed by atoms with Crippen LogP contribution in [0.1, 0.15) is 20.3 Å². The molecule has 7 heteroatoms. The molecular formula is C9H19NO5S. The summed E-state index contributed by atoms with van der Waals surface area (Å²) in [5, 5.41) is 8.52. The first-order valence-corrected chi connectivity index (χ1v) is 5.84. The summed E-state index contributed by atoms with van der Waals surface area (Å²) in [6.07, 6.45) is 0.553. The van der Waals surface area contributed by atoms with Gasteiger partial charge in [0.1, 0.15) is 0 Å². The molecule has 6 nitrogen and oxygen atoms in total. The largest absolute Gasteiger partial charge is 0.478 e. The molecule has 0 aliphatic rings. The number of nitrogens with zero attached hydrogens (tertiary/aromatic N) is 1. The summed E-state index contributed by atoms with van der Waals surface area (Å²) in [5.41, 5.74) is 0.293. The molecular weight excluding hydrogens is 234 g/mol. The molecule has 3 N–H and O–H groups in total. The molecule has 0 bridgehead atoms. The van der Waals surface area contributed by atoms with Crippen molar-refractivity contribution in [2.24, 2.45) is 0 Å². The highest BCUT2D eigenvalue weighted by Crippen LogP contribution is 2.00. The summed E-state index contributed by atoms with van der Waals surface area (Å²) in [6.45, 7) is 10.3. The smallest absolute Gasteiger partial charge is 0.331 e. The van der Waals surface area contributed by atoms with E-state index in [1.54, 1.807) is 0 Å². The van der Waals surface area contributed by atoms with Crippen molar-refractivity contribution in [1.82, 2.24) is 4.90 Å². The predicted octanol–water partition coefficient (Wildman–Crippen LogP) is 1.04. The molecule has 16 heavy (non-hydrogen) atoms. The van der Waals surface area contributed by atoms with Crippen LogP contribution < -0.4 is 0 Å². The maximum Gasteiger partial charge on any atom is 0.331 e. The van der Waals surface area contributed by atoms with Crippen LogP contribution in [0, 0.1) is 0 Å². The van der Waals surface area contributed by atoms with Gasteiger partial charge >= 0.3 is 5.97 Å². The van der Waals surface area contributed by atoms with Crippen LogP contribution in [-0.4, -0.2) is 48.9 Å². The van der Waals surface area contributed by atoms with Crippen molar-refractivity contribution in [2.45, 2.75) is 20.3 Å². The van der Waals surface area contributed by atoms with Crippen molar-refractivity contribution in [1.29, 1.82) is 0 Å². The van der Waals surface area contributed by atoms with Gasteiger partial charge in [-0.2, -0.15) is 4.21 Å². The molecule has 0 spiro atoms. The van der Waals surface area contributed by atoms with Crippen LogP contribution in [0.3, 0.4) is 0 Å². The van der Waals surface area contributed by atoms with Crippen LogP contribution in [-0.2, 0) is 16.2 Å². The Morgan fingerprint density at radius 3 is 1.94 bits per heavy atom. The first-order chi connectivity index (χ1) is 7.34. The van der Waals surface area contributed by atoms with Gasteiger partial charge in [-0.15, -0.1) is 0 Å². The Hall–Kier alpha value is -0.760. The standard InChI is InChI=1S/C9H17NO2.H2O3S/c1-4-10(5-2)7-6-8(3)9(11)12;1-4(2)3/h3-7H2,1-2H3,(H,11,12);(H2,1,2,3). The lowest BCUT2D eigenvalue weighted by Crippen LogP contribution is -2.24. The Balaban J connectivity index is 0. The minimum absolute atomic E-state index is 0.293. The third-order valence-corrected chi connectivity index (χ3v) is 1.93. The average Bonchev–Trinajstić information content (AvgIpc) is 2.18. The summed E-state index contributed by atoms with van der Waals surface area (Å²) in [5.74, 6) is -0.887. The molecule has 96 valence electrons. The van der Waals surface area contributed by atoms with Gasteiger partial charge in [0.2, 0.25) is 0 Å². The van der Waals surface area contributed by atoms with E-state index < -0.39 is 17.3 Å². The van der Waals surface area contributed by atoms with Gasteiger partial charge in [-0.25, -0.2) is 4.79 Å². The third kappa shape index (κ3) is 13.2. The molecule has 0 saturated carbocycles. The third-order valence-electron chi connectivity index (χ3n) is 1.93. The first kappa shape index (κ1) is 17.6. The summed E-state index contributed by atoms with van der Waals surface area (Å²) in [4.78, 5) is 12.5. The molecule has 0 radical (unpaired) electrons. The normalized spacial score (nSPS) is 9.88. The van der Waals surface area contributed by atoms with Gasteiger partial charge in [-0.05, 0) is 19.5 Å². The maximum absolute atomic E-state index is 10.4. The molecule has 0 aliphatic carbocycles. The Morgan fingerprint density at radius 1 is 1.31 bits per heavy atom. The second-order valence-electron chi connectivity index (χ2n) is 2.92. The van der Waals surface area contributed by atoms with Gasteiger partial charge in [-0.1, -0.05) is 20.4 Å². The quantitative estimate of drug-likeness (QED) is 0.483. The fourth-order valence-electron chi connectivity index (χ4n) is 0.940. The number of carbonyl (C=O) groups is 1. The number of carboxylic acid groups (broad SMARTS) is 1. The van der Waals surface area contributed by atoms with E-state index in [0.29, 0.717) is 12.0 Å². The van der Waals surface area contributed by atoms with E-state index in [9.17, 15) is 4.79 Å². The van der Waals surface area contributed by atoms with Crippen molar-refractivity contribution >= 4 is 17.3 Å². The van der Waals surface area contributed by atoms with Gasteiger partial charge in [-0.3, -0.25) is 9.11 Å². The molecule has 0 fully saturated rings. The Kier molecular flexibility index (Phi) is 11.8. The van der Waals surface area contributed by atoms with Gasteiger partial charge in [0.15, 0.2) is 0 Å². The zero-order valence-electron chi connectivity index (χ0n) is 9.55. The minimum atomic E-state index is -2.61. The maximum atomic E-state index is 10.4. The number of rotatable bonds is 6. The van der Waals surface area contributed by atoms with E-state index in [2.05, 4.69) is 25.3 Å². The molecule has 0 aromatic heterocycles. The molecule has 0 aromatic carbocycles. The van der Waals surface area contributed by atoms with Gasteiger partial charge in [0, 0.05) is 12.1 Å². The van der Waals surface area contributed by atoms with Crippen molar-refractivity contribution in [3.63, 3.8) is 0 Å². The van der Waals surface area contributed by atoms with Crippen LogP contribution >= 0.6 is 0 Å². The number of hydrogen-bond donors (Lipinski definition) is 3. The SMILES string of the molecule is C=C(CCN(CC)CC)C(=O)O.O=S(O)O. The predicted molar refractivity (Wildman–Crippen MR) is 62.6 cm³/mol. The van der Waals surface area contributed by atoms with Crippen LogP contribution in [0.5, 0.6) is 0 Å². The highest BCUT2D eigenvalue weighted by molar-refractivity contribution is 7.73. The van der Waals surface area contributed by atoms with Crippen molar-refractivity contribution in [3.05, 3.63) is 12.2 Å². The summed E-state index contributed by atoms with van der Waals surface area (Å²) in [7, 11) is 0. The second-order valence-corrected chi connectivity index (χ2v) is 3.38. The highest BCUT2D eigenvalue weighted by atomic mass is 32.2. The van der Waals surface area contributed by atoms with Crippen LogP contribution in [0.2, 0.25) is 0 Å². The number of carboxylic acids is 1. The zero-order chi connectivity index (χ0) is 13.1. The number of aliphatic carboxylic acids is 1. The summed E-state index contributed by atoms with van der Waals surface area (Å²) >= 11 is -2.61. The first-order valence-electron chi connectivity index (χ1n) is 4.78. The Labute approximate surface area is 98.1 Å². The Bertz CT molecular complexity index is 236. The molecule has 0 aromatic rings. The average molecular weight is 253 g/mol. The molecule has 0 heterocycles. The Morgan fingerprint density at radius 2 is 1.69 bits per heavy atom. The van der Waals surface area contributed by atoms with E-state index in [-0.39, 0.29) is 0 Å². The van der Waals surface area contributed by atoms with Crippen LogP contribution in [0.25, 0.3) is 0 Å². The molecule has 0 atom stereocenters. The molecule has 0 aliphatic heterocycles. The lowest BCUT2D eigenvalue weighted by Gasteiger charge is -2.17. The molecule has 0 rings (SSSR count). The van der Waals surface area contributed by atoms with Crippen molar-refractivity contribution in [2.75, 3.05) is 19.6 Å². The van der Waals surface area contributed by atoms with E-state index in [0.717, 1.165) is 19.6 Å². The van der Waals surface area contributed by atoms with Crippen LogP contribution in [0.4, 0.5) is 0 Å². The highest BCUT2D eigenvalue weighted by Gasteiger charge is 2.05. The molecule has 0 unspecified atom stereocenters. The van der Waals surface area contributed by atoms with Crippen molar-refractivity contribution in [3.8, 4) is 0 Å². The summed E-state index contributed by atoms with van der Waals surface area (Å²) < 4.78 is 22.8. The number of hydrogen-bond acceptors (Lipinski definition) is 3. The topological polar surface area (TPSA) is 98.1 Å². The summed E-state index contributed by atoms with van der Waals surface area (Å²) in [6, 6.07) is 0. The molecule has 0 amide bonds. The van der Waals surface area contributed by atoms with E-state index >= 15 is 0 Å². The van der Waals surface area contributed by atoms with E-state index in [1.807, 2.05) is 0 Å².